The normalized spacial score (nSPS) is 27.6. The average molecular weight is 297 g/mol. The van der Waals surface area contributed by atoms with Crippen LogP contribution in [-0.2, 0) is 15.9 Å². The summed E-state index contributed by atoms with van der Waals surface area (Å²) < 4.78 is 0. The predicted molar refractivity (Wildman–Crippen MR) is 92.1 cm³/mol. The van der Waals surface area contributed by atoms with Gasteiger partial charge in [-0.1, -0.05) is 65.8 Å². The van der Waals surface area contributed by atoms with Gasteiger partial charge in [0.15, 0.2) is 5.75 Å². The Hall–Kier alpha value is -1.24. The van der Waals surface area contributed by atoms with Crippen LogP contribution in [0.1, 0.15) is 77.0 Å². The smallest absolute Gasteiger partial charge is 0.186 e. The molecule has 1 heteroatoms. The van der Waals surface area contributed by atoms with Gasteiger partial charge in [0.1, 0.15) is 0 Å². The van der Waals surface area contributed by atoms with Gasteiger partial charge in [-0.2, -0.15) is 0 Å². The van der Waals surface area contributed by atoms with Crippen LogP contribution in [0.4, 0.5) is 0 Å². The predicted octanol–water partition coefficient (Wildman–Crippen LogP) is 6.11. The van der Waals surface area contributed by atoms with Crippen LogP contribution in [0.2, 0.25) is 0 Å². The lowest BCUT2D eigenvalue weighted by Crippen LogP contribution is -2.19. The van der Waals surface area contributed by atoms with Gasteiger partial charge in [-0.15, -0.1) is 0 Å². The van der Waals surface area contributed by atoms with Crippen molar-refractivity contribution < 1.29 is 5.11 Å². The Morgan fingerprint density at radius 3 is 1.77 bits per heavy atom. The van der Waals surface area contributed by atoms with Crippen molar-refractivity contribution in [3.8, 4) is 5.75 Å². The van der Waals surface area contributed by atoms with Crippen LogP contribution in [0.25, 0.3) is 0 Å². The number of fused-ring (bicyclic) bond motifs is 2. The summed E-state index contributed by atoms with van der Waals surface area (Å²) >= 11 is 0. The van der Waals surface area contributed by atoms with E-state index in [0.717, 1.165) is 17.0 Å². The van der Waals surface area contributed by atoms with Gasteiger partial charge >= 0.3 is 0 Å². The molecule has 3 unspecified atom stereocenters. The summed E-state index contributed by atoms with van der Waals surface area (Å²) in [7, 11) is 0. The molecule has 119 valence electrons. The monoisotopic (exact) mass is 297 g/mol. The fourth-order valence-electron chi connectivity index (χ4n) is 4.14. The summed E-state index contributed by atoms with van der Waals surface area (Å²) in [5.74, 6) is 2.31. The van der Waals surface area contributed by atoms with Crippen molar-refractivity contribution in [3.05, 3.63) is 41.0 Å². The Morgan fingerprint density at radius 2 is 1.41 bits per heavy atom. The molecule has 1 nitrogen and oxygen atoms in total. The Balaban J connectivity index is 2.13. The van der Waals surface area contributed by atoms with E-state index in [1.54, 1.807) is 0 Å². The maximum atomic E-state index is 13.0. The lowest BCUT2D eigenvalue weighted by molar-refractivity contribution is 0.326. The van der Waals surface area contributed by atoms with Crippen molar-refractivity contribution >= 4 is 0 Å². The van der Waals surface area contributed by atoms with E-state index in [0.29, 0.717) is 11.8 Å². The number of hydrogen-bond donors (Lipinski definition) is 0. The van der Waals surface area contributed by atoms with E-state index in [9.17, 15) is 5.11 Å². The van der Waals surface area contributed by atoms with Crippen LogP contribution in [0.5, 0.6) is 5.75 Å². The second-order valence-corrected chi connectivity index (χ2v) is 9.33. The molecule has 0 aliphatic heterocycles. The highest BCUT2D eigenvalue weighted by Gasteiger charge is 2.38. The lowest BCUT2D eigenvalue weighted by Gasteiger charge is -2.29. The van der Waals surface area contributed by atoms with E-state index < -0.39 is 0 Å². The minimum atomic E-state index is -0.0967. The van der Waals surface area contributed by atoms with Crippen molar-refractivity contribution in [2.24, 2.45) is 11.8 Å². The molecule has 1 fully saturated rings. The average Bonchev–Trinajstić information content (AvgIpc) is 2.98. The number of benzene rings is 1. The minimum Gasteiger partial charge on any atom is -0.289 e. The van der Waals surface area contributed by atoms with Crippen LogP contribution < -0.4 is 0 Å². The molecule has 1 aromatic carbocycles. The summed E-state index contributed by atoms with van der Waals surface area (Å²) in [5.41, 5.74) is 3.18. The topological polar surface area (TPSA) is 19.9 Å². The van der Waals surface area contributed by atoms with Crippen LogP contribution in [0.3, 0.4) is 0 Å². The molecule has 0 N–H and O–H groups in total. The molecule has 2 aliphatic carbocycles. The molecule has 2 aliphatic rings. The quantitative estimate of drug-likeness (QED) is 0.558. The molecule has 2 bridgehead atoms. The molecule has 0 spiro atoms. The van der Waals surface area contributed by atoms with Crippen LogP contribution >= 0.6 is 0 Å². The molecule has 3 rings (SSSR count). The first-order valence-corrected chi connectivity index (χ1v) is 8.61. The van der Waals surface area contributed by atoms with Crippen molar-refractivity contribution in [2.45, 2.75) is 71.1 Å². The largest absolute Gasteiger partial charge is 0.289 e. The Kier molecular flexibility index (Phi) is 3.47. The second kappa shape index (κ2) is 4.88. The van der Waals surface area contributed by atoms with E-state index in [1.807, 2.05) is 0 Å². The van der Waals surface area contributed by atoms with Gasteiger partial charge in [0.25, 0.3) is 0 Å². The summed E-state index contributed by atoms with van der Waals surface area (Å²) in [6.07, 6.45) is 7.35. The van der Waals surface area contributed by atoms with Gasteiger partial charge in [-0.3, -0.25) is 5.11 Å². The van der Waals surface area contributed by atoms with Gasteiger partial charge in [-0.25, -0.2) is 0 Å². The first kappa shape index (κ1) is 15.6. The molecule has 3 atom stereocenters. The molecule has 0 amide bonds. The van der Waals surface area contributed by atoms with Crippen molar-refractivity contribution in [2.75, 3.05) is 0 Å². The summed E-state index contributed by atoms with van der Waals surface area (Å²) in [6, 6.07) is 4.44. The maximum Gasteiger partial charge on any atom is 0.186 e. The van der Waals surface area contributed by atoms with E-state index in [1.165, 1.54) is 18.4 Å². The molecular formula is C21H29O. The molecule has 22 heavy (non-hydrogen) atoms. The molecule has 0 aromatic heterocycles. The highest BCUT2D eigenvalue weighted by atomic mass is 16.3. The van der Waals surface area contributed by atoms with E-state index in [4.69, 9.17) is 0 Å². The van der Waals surface area contributed by atoms with Crippen molar-refractivity contribution in [1.82, 2.24) is 0 Å². The zero-order valence-corrected chi connectivity index (χ0v) is 14.9. The fourth-order valence-corrected chi connectivity index (χ4v) is 4.14. The van der Waals surface area contributed by atoms with Crippen LogP contribution in [0.15, 0.2) is 24.3 Å². The van der Waals surface area contributed by atoms with E-state index >= 15 is 0 Å². The summed E-state index contributed by atoms with van der Waals surface area (Å²) in [6.45, 7) is 12.9. The standard InChI is InChI=1S/C21H29O/c1-20(2,3)17-11-15(12-18(19(17)22)21(4,5)6)16-10-13-7-8-14(16)9-13/h7-8,11-14,16H,9-10H2,1-6H3. The Bertz CT molecular complexity index is 575. The van der Waals surface area contributed by atoms with Gasteiger partial charge in [0, 0.05) is 11.1 Å². The molecule has 1 aromatic rings. The first-order chi connectivity index (χ1) is 10.1. The fraction of sp³-hybridized carbons (Fsp3) is 0.619. The number of allylic oxidation sites excluding steroid dienone is 2. The lowest BCUT2D eigenvalue weighted by atomic mass is 9.75. The number of rotatable bonds is 1. The first-order valence-electron chi connectivity index (χ1n) is 8.61. The van der Waals surface area contributed by atoms with Gasteiger partial charge in [0.2, 0.25) is 0 Å². The van der Waals surface area contributed by atoms with Crippen molar-refractivity contribution in [3.63, 3.8) is 0 Å². The molecule has 0 saturated heterocycles. The van der Waals surface area contributed by atoms with Crippen molar-refractivity contribution in [1.29, 1.82) is 0 Å². The zero-order valence-electron chi connectivity index (χ0n) is 14.9. The Morgan fingerprint density at radius 1 is 0.864 bits per heavy atom. The molecule has 0 heterocycles. The molecule has 1 radical (unpaired) electrons. The van der Waals surface area contributed by atoms with E-state index in [-0.39, 0.29) is 16.6 Å². The summed E-state index contributed by atoms with van der Waals surface area (Å²) in [5, 5.41) is 13.0. The third-order valence-electron chi connectivity index (χ3n) is 5.43. The maximum absolute atomic E-state index is 13.0. The Labute approximate surface area is 135 Å². The van der Waals surface area contributed by atoms with Gasteiger partial charge in [-0.05, 0) is 47.0 Å². The molecule has 1 saturated carbocycles. The van der Waals surface area contributed by atoms with E-state index in [2.05, 4.69) is 65.8 Å². The SMILES string of the molecule is CC(C)(C)c1cc(C2CC3C=CC2C3)cc(C(C)(C)C)c1[O]. The van der Waals surface area contributed by atoms with Crippen LogP contribution in [0, 0.1) is 11.8 Å². The van der Waals surface area contributed by atoms with Crippen LogP contribution in [-0.4, -0.2) is 0 Å². The third-order valence-corrected chi connectivity index (χ3v) is 5.43. The highest BCUT2D eigenvalue weighted by Crippen LogP contribution is 2.51. The molecular weight excluding hydrogens is 268 g/mol. The number of hydrogen-bond acceptors (Lipinski definition) is 0. The third kappa shape index (κ3) is 2.59. The summed E-state index contributed by atoms with van der Waals surface area (Å²) in [4.78, 5) is 0. The minimum absolute atomic E-state index is 0.0967. The van der Waals surface area contributed by atoms with Gasteiger partial charge < -0.3 is 0 Å². The second-order valence-electron chi connectivity index (χ2n) is 9.33. The zero-order chi connectivity index (χ0) is 16.3. The highest BCUT2D eigenvalue weighted by molar-refractivity contribution is 5.51. The van der Waals surface area contributed by atoms with Gasteiger partial charge in [0.05, 0.1) is 0 Å².